The Morgan fingerprint density at radius 1 is 1.04 bits per heavy atom. The molecule has 2 atom stereocenters. The van der Waals surface area contributed by atoms with Gasteiger partial charge in [-0.2, -0.15) is 0 Å². The van der Waals surface area contributed by atoms with Gasteiger partial charge in [0.2, 0.25) is 0 Å². The monoisotopic (exact) mass is 374 g/mol. The highest BCUT2D eigenvalue weighted by molar-refractivity contribution is 7.72. The van der Waals surface area contributed by atoms with Crippen molar-refractivity contribution in [2.24, 2.45) is 0 Å². The van der Waals surface area contributed by atoms with Crippen LogP contribution in [-0.4, -0.2) is 71.8 Å². The van der Waals surface area contributed by atoms with Crippen LogP contribution in [0.15, 0.2) is 0 Å². The predicted octanol–water partition coefficient (Wildman–Crippen LogP) is 0.303. The summed E-state index contributed by atoms with van der Waals surface area (Å²) in [6.45, 7) is 1.87. The summed E-state index contributed by atoms with van der Waals surface area (Å²) in [6.07, 6.45) is 0.118. The molecule has 12 heteroatoms. The molecule has 0 aromatic heterocycles. The first-order chi connectivity index (χ1) is 10.2. The van der Waals surface area contributed by atoms with Crippen LogP contribution in [0.2, 0.25) is 0 Å². The van der Waals surface area contributed by atoms with Gasteiger partial charge >= 0.3 is 21.2 Å². The summed E-state index contributed by atoms with van der Waals surface area (Å²) < 4.78 is 22.5. The lowest BCUT2D eigenvalue weighted by Gasteiger charge is -2.29. The molecule has 2 amide bonds. The molecule has 0 spiro atoms. The van der Waals surface area contributed by atoms with Crippen molar-refractivity contribution in [2.75, 3.05) is 14.1 Å². The van der Waals surface area contributed by atoms with E-state index in [9.17, 15) is 19.0 Å². The summed E-state index contributed by atoms with van der Waals surface area (Å²) in [5.41, 5.74) is 0. The van der Waals surface area contributed by atoms with Gasteiger partial charge in [-0.3, -0.25) is 9.13 Å². The van der Waals surface area contributed by atoms with E-state index in [2.05, 4.69) is 0 Å². The number of rotatable bonds is 7. The van der Waals surface area contributed by atoms with E-state index in [0.29, 0.717) is 12.8 Å². The van der Waals surface area contributed by atoms with Crippen molar-refractivity contribution in [1.29, 1.82) is 0 Å². The minimum atomic E-state index is -5.40. The lowest BCUT2D eigenvalue weighted by molar-refractivity contribution is 0.119. The first-order valence-corrected chi connectivity index (χ1v) is 10.3. The van der Waals surface area contributed by atoms with E-state index in [1.807, 2.05) is 6.92 Å². The van der Waals surface area contributed by atoms with Gasteiger partial charge in [0.25, 0.3) is 5.08 Å². The highest BCUT2D eigenvalue weighted by Crippen LogP contribution is 2.69. The fourth-order valence-corrected chi connectivity index (χ4v) is 5.01. The Morgan fingerprint density at radius 2 is 1.52 bits per heavy atom. The second-order valence-corrected chi connectivity index (χ2v) is 9.93. The molecule has 5 N–H and O–H groups in total. The van der Waals surface area contributed by atoms with Gasteiger partial charge in [-0.25, -0.2) is 4.79 Å². The molecule has 1 heterocycles. The molecule has 2 unspecified atom stereocenters. The highest BCUT2D eigenvalue weighted by Gasteiger charge is 2.58. The zero-order valence-electron chi connectivity index (χ0n) is 13.2. The molecule has 1 fully saturated rings. The Morgan fingerprint density at radius 3 is 1.87 bits per heavy atom. The third-order valence-corrected chi connectivity index (χ3v) is 8.34. The minimum Gasteiger partial charge on any atom is -0.368 e. The fourth-order valence-electron chi connectivity index (χ4n) is 2.76. The van der Waals surface area contributed by atoms with E-state index in [-0.39, 0.29) is 24.5 Å². The maximum atomic E-state index is 11.8. The lowest BCUT2D eigenvalue weighted by Crippen LogP contribution is -2.33. The molecular weight excluding hydrogens is 350 g/mol. The average Bonchev–Trinajstić information content (AvgIpc) is 2.57. The Hall–Kier alpha value is -0.470. The van der Waals surface area contributed by atoms with Gasteiger partial charge in [0.05, 0.1) is 12.1 Å². The van der Waals surface area contributed by atoms with E-state index >= 15 is 0 Å². The summed E-state index contributed by atoms with van der Waals surface area (Å²) in [4.78, 5) is 51.1. The number of carbonyl (C=O) groups excluding carboxylic acids is 1. The third kappa shape index (κ3) is 3.96. The van der Waals surface area contributed by atoms with Crippen molar-refractivity contribution in [3.8, 4) is 0 Å². The van der Waals surface area contributed by atoms with Gasteiger partial charge in [-0.15, -0.1) is 0 Å². The number of urea groups is 1. The van der Waals surface area contributed by atoms with Crippen LogP contribution >= 0.6 is 15.2 Å². The minimum absolute atomic E-state index is 0.00167. The maximum Gasteiger partial charge on any atom is 0.369 e. The molecule has 10 nitrogen and oxygen atoms in total. The fraction of sp³-hybridized carbons (Fsp3) is 0.909. The molecule has 1 aliphatic heterocycles. The van der Waals surface area contributed by atoms with Gasteiger partial charge in [0.15, 0.2) is 0 Å². The molecule has 1 aliphatic rings. The summed E-state index contributed by atoms with van der Waals surface area (Å²) in [5.74, 6) is 0. The van der Waals surface area contributed by atoms with Crippen molar-refractivity contribution >= 4 is 21.2 Å². The third-order valence-electron chi connectivity index (χ3n) is 4.46. The van der Waals surface area contributed by atoms with E-state index in [1.54, 1.807) is 23.9 Å². The normalized spacial score (nSPS) is 23.7. The molecule has 0 bridgehead atoms. The Labute approximate surface area is 134 Å². The van der Waals surface area contributed by atoms with Crippen LogP contribution in [0.25, 0.3) is 0 Å². The molecule has 0 saturated carbocycles. The number of carbonyl (C=O) groups is 1. The van der Waals surface area contributed by atoms with Gasteiger partial charge in [0, 0.05) is 14.1 Å². The first kappa shape index (κ1) is 20.6. The topological polar surface area (TPSA) is 159 Å². The van der Waals surface area contributed by atoms with Crippen molar-refractivity contribution in [3.05, 3.63) is 0 Å². The van der Waals surface area contributed by atoms with Crippen LogP contribution in [0, 0.1) is 0 Å². The lowest BCUT2D eigenvalue weighted by atomic mass is 10.0. The number of aliphatic hydroxyl groups is 1. The zero-order valence-corrected chi connectivity index (χ0v) is 15.0. The van der Waals surface area contributed by atoms with E-state index in [4.69, 9.17) is 19.6 Å². The summed E-state index contributed by atoms with van der Waals surface area (Å²) in [5, 5.41) is 6.40. The van der Waals surface area contributed by atoms with Crippen molar-refractivity contribution < 1.29 is 38.6 Å². The Bertz CT molecular complexity index is 522. The molecule has 0 aromatic rings. The molecule has 0 aliphatic carbocycles. The van der Waals surface area contributed by atoms with Crippen molar-refractivity contribution in [3.63, 3.8) is 0 Å². The van der Waals surface area contributed by atoms with Gasteiger partial charge in [0.1, 0.15) is 0 Å². The molecule has 1 rings (SSSR count). The molecule has 1 saturated heterocycles. The van der Waals surface area contributed by atoms with E-state index in [1.165, 1.54) is 0 Å². The molecule has 136 valence electrons. The standard InChI is InChI=1S/C11H24N2O8P2/c1-8-9(13(3)10(14)12(8)2)6-4-5-7-11(15,22(16,17)18)23(19,20)21/h8-9,15H,4-7H2,1-3H3,(H2,16,17,18)(H2,19,20,21). The van der Waals surface area contributed by atoms with Gasteiger partial charge in [-0.05, 0) is 26.2 Å². The zero-order chi connectivity index (χ0) is 18.2. The number of hydrogen-bond acceptors (Lipinski definition) is 4. The highest BCUT2D eigenvalue weighted by atomic mass is 31.2. The van der Waals surface area contributed by atoms with Gasteiger partial charge in [-0.1, -0.05) is 6.42 Å². The SMILES string of the molecule is CC1C(CCCCC(O)(P(=O)(O)O)P(=O)(O)O)N(C)C(=O)N1C. The first-order valence-electron chi connectivity index (χ1n) is 7.07. The van der Waals surface area contributed by atoms with Gasteiger partial charge < -0.3 is 34.5 Å². The second kappa shape index (κ2) is 6.80. The van der Waals surface area contributed by atoms with Crippen LogP contribution in [0.5, 0.6) is 0 Å². The molecular formula is C11H24N2O8P2. The molecule has 0 radical (unpaired) electrons. The smallest absolute Gasteiger partial charge is 0.368 e. The number of nitrogens with zero attached hydrogens (tertiary/aromatic N) is 2. The van der Waals surface area contributed by atoms with Crippen LogP contribution < -0.4 is 0 Å². The summed E-state index contributed by atoms with van der Waals surface area (Å²) in [6, 6.07) is -0.287. The number of unbranched alkanes of at least 4 members (excludes halogenated alkanes) is 1. The second-order valence-electron chi connectivity index (χ2n) is 5.92. The Balaban J connectivity index is 2.65. The van der Waals surface area contributed by atoms with E-state index < -0.39 is 26.7 Å². The Kier molecular flexibility index (Phi) is 6.08. The van der Waals surface area contributed by atoms with Crippen molar-refractivity contribution in [1.82, 2.24) is 9.80 Å². The molecule has 0 aromatic carbocycles. The van der Waals surface area contributed by atoms with Crippen LogP contribution in [-0.2, 0) is 9.13 Å². The quantitative estimate of drug-likeness (QED) is 0.314. The maximum absolute atomic E-state index is 11.8. The molecule has 23 heavy (non-hydrogen) atoms. The number of amides is 2. The summed E-state index contributed by atoms with van der Waals surface area (Å²) >= 11 is 0. The number of likely N-dealkylation sites (N-methyl/N-ethyl adjacent to an activating group) is 2. The van der Waals surface area contributed by atoms with E-state index in [0.717, 1.165) is 0 Å². The largest absolute Gasteiger partial charge is 0.369 e. The summed E-state index contributed by atoms with van der Waals surface area (Å²) in [7, 11) is -7.48. The van der Waals surface area contributed by atoms with Crippen LogP contribution in [0.3, 0.4) is 0 Å². The average molecular weight is 374 g/mol. The predicted molar refractivity (Wildman–Crippen MR) is 81.7 cm³/mol. The number of hydrogen-bond donors (Lipinski definition) is 5. The van der Waals surface area contributed by atoms with Crippen molar-refractivity contribution in [2.45, 2.75) is 49.8 Å². The van der Waals surface area contributed by atoms with Crippen LogP contribution in [0.4, 0.5) is 4.79 Å². The van der Waals surface area contributed by atoms with Crippen LogP contribution in [0.1, 0.15) is 32.6 Å².